The van der Waals surface area contributed by atoms with Crippen molar-refractivity contribution in [2.45, 2.75) is 32.4 Å². The molecule has 25 heavy (non-hydrogen) atoms. The highest BCUT2D eigenvalue weighted by Crippen LogP contribution is 2.30. The van der Waals surface area contributed by atoms with Crippen molar-refractivity contribution in [1.29, 1.82) is 0 Å². The number of hydroxylamine groups is 2. The number of aliphatic carboxylic acids is 1. The molecule has 2 aliphatic rings. The van der Waals surface area contributed by atoms with E-state index in [9.17, 15) is 23.5 Å². The first-order valence-electron chi connectivity index (χ1n) is 7.48. The van der Waals surface area contributed by atoms with Crippen LogP contribution in [0.5, 0.6) is 0 Å². The van der Waals surface area contributed by atoms with Crippen LogP contribution in [-0.2, 0) is 19.2 Å². The molecule has 2 N–H and O–H groups in total. The van der Waals surface area contributed by atoms with Crippen molar-refractivity contribution in [1.82, 2.24) is 10.4 Å². The van der Waals surface area contributed by atoms with Crippen LogP contribution in [0.2, 0.25) is 0 Å². The number of halogens is 2. The normalized spacial score (nSPS) is 26.2. The zero-order valence-electron chi connectivity index (χ0n) is 14.0. The van der Waals surface area contributed by atoms with Gasteiger partial charge in [0.15, 0.2) is 0 Å². The van der Waals surface area contributed by atoms with Gasteiger partial charge in [0.1, 0.15) is 23.2 Å². The fourth-order valence-electron chi connectivity index (χ4n) is 2.46. The number of carbonyl (C=O) groups is 2. The first-order valence-corrected chi connectivity index (χ1v) is 7.48. The Labute approximate surface area is 142 Å². The molecule has 10 heteroatoms. The van der Waals surface area contributed by atoms with Crippen LogP contribution in [0.1, 0.15) is 20.8 Å². The standard InChI is InChI=1S/C15H19F2N3O5/c1-8(2)15(3)14(23)18-12(19-15)11-10(13(21)22)4-9(24-6-16)5-20(11)25-7-17/h4-5,8,11H,6-7H2,1-3H3,(H,21,22)(H,18,19,23). The Morgan fingerprint density at radius 1 is 1.48 bits per heavy atom. The number of rotatable bonds is 7. The van der Waals surface area contributed by atoms with Crippen LogP contribution in [-0.4, -0.2) is 53.2 Å². The highest BCUT2D eigenvalue weighted by molar-refractivity contribution is 6.13. The average Bonchev–Trinajstić information content (AvgIpc) is 2.84. The minimum atomic E-state index is -1.37. The summed E-state index contributed by atoms with van der Waals surface area (Å²) in [4.78, 5) is 33.0. The maximum atomic E-state index is 12.7. The van der Waals surface area contributed by atoms with E-state index in [0.717, 1.165) is 17.3 Å². The Morgan fingerprint density at radius 2 is 2.16 bits per heavy atom. The van der Waals surface area contributed by atoms with Crippen LogP contribution >= 0.6 is 0 Å². The number of carboxylic acids is 1. The second kappa shape index (κ2) is 7.18. The van der Waals surface area contributed by atoms with Crippen molar-refractivity contribution in [3.8, 4) is 0 Å². The summed E-state index contributed by atoms with van der Waals surface area (Å²) in [5.74, 6) is -2.11. The highest BCUT2D eigenvalue weighted by atomic mass is 19.1. The third-order valence-corrected chi connectivity index (χ3v) is 4.20. The molecule has 0 saturated heterocycles. The van der Waals surface area contributed by atoms with E-state index in [1.54, 1.807) is 20.8 Å². The SMILES string of the molecule is CC(C)C1(C)N=C(C2C(C(=O)O)=CC(OCF)=CN2OCF)NC1=O. The first-order chi connectivity index (χ1) is 11.7. The fraction of sp³-hybridized carbons (Fsp3) is 0.533. The number of hydrogen-bond acceptors (Lipinski definition) is 6. The van der Waals surface area contributed by atoms with Gasteiger partial charge in [-0.05, 0) is 18.9 Å². The Kier molecular flexibility index (Phi) is 5.41. The lowest BCUT2D eigenvalue weighted by Crippen LogP contribution is -2.49. The van der Waals surface area contributed by atoms with E-state index in [0.29, 0.717) is 0 Å². The van der Waals surface area contributed by atoms with E-state index in [-0.39, 0.29) is 23.1 Å². The minimum Gasteiger partial charge on any atom is -0.478 e. The van der Waals surface area contributed by atoms with Crippen LogP contribution in [0.25, 0.3) is 0 Å². The summed E-state index contributed by atoms with van der Waals surface area (Å²) < 4.78 is 29.8. The largest absolute Gasteiger partial charge is 0.478 e. The lowest BCUT2D eigenvalue weighted by molar-refractivity contribution is -0.167. The van der Waals surface area contributed by atoms with Crippen LogP contribution < -0.4 is 5.32 Å². The molecule has 2 atom stereocenters. The van der Waals surface area contributed by atoms with Gasteiger partial charge >= 0.3 is 5.97 Å². The molecule has 0 aromatic rings. The van der Waals surface area contributed by atoms with Gasteiger partial charge in [0.2, 0.25) is 13.7 Å². The number of aliphatic imine (C=N–C) groups is 1. The number of alkyl halides is 2. The molecule has 2 heterocycles. The Bertz CT molecular complexity index is 662. The lowest BCUT2D eigenvalue weighted by atomic mass is 9.89. The summed E-state index contributed by atoms with van der Waals surface area (Å²) >= 11 is 0. The molecule has 2 unspecified atom stereocenters. The van der Waals surface area contributed by atoms with Gasteiger partial charge in [-0.3, -0.25) is 9.79 Å². The number of amides is 1. The van der Waals surface area contributed by atoms with Crippen LogP contribution in [0.3, 0.4) is 0 Å². The lowest BCUT2D eigenvalue weighted by Gasteiger charge is -2.32. The number of nitrogens with one attached hydrogen (secondary N) is 1. The van der Waals surface area contributed by atoms with Gasteiger partial charge in [0, 0.05) is 0 Å². The van der Waals surface area contributed by atoms with Crippen molar-refractivity contribution in [3.05, 3.63) is 23.6 Å². The molecule has 2 aliphatic heterocycles. The molecule has 0 saturated carbocycles. The molecule has 0 fully saturated rings. The summed E-state index contributed by atoms with van der Waals surface area (Å²) in [6, 6.07) is -1.22. The number of nitrogens with zero attached hydrogens (tertiary/aromatic N) is 2. The van der Waals surface area contributed by atoms with Crippen LogP contribution in [0, 0.1) is 5.92 Å². The van der Waals surface area contributed by atoms with E-state index in [4.69, 9.17) is 4.84 Å². The Morgan fingerprint density at radius 3 is 2.64 bits per heavy atom. The van der Waals surface area contributed by atoms with Crippen molar-refractivity contribution in [3.63, 3.8) is 0 Å². The van der Waals surface area contributed by atoms with Crippen LogP contribution in [0.4, 0.5) is 8.78 Å². The molecule has 2 rings (SSSR count). The topological polar surface area (TPSA) is 100 Å². The van der Waals surface area contributed by atoms with E-state index < -0.39 is 37.2 Å². The predicted octanol–water partition coefficient (Wildman–Crippen LogP) is 1.27. The second-order valence-corrected chi connectivity index (χ2v) is 5.94. The zero-order valence-corrected chi connectivity index (χ0v) is 14.0. The smallest absolute Gasteiger partial charge is 0.334 e. The predicted molar refractivity (Wildman–Crippen MR) is 82.4 cm³/mol. The second-order valence-electron chi connectivity index (χ2n) is 5.94. The molecule has 0 spiro atoms. The zero-order chi connectivity index (χ0) is 18.8. The molecule has 8 nitrogen and oxygen atoms in total. The van der Waals surface area contributed by atoms with Gasteiger partial charge in [0.05, 0.1) is 11.8 Å². The molecule has 0 aromatic carbocycles. The van der Waals surface area contributed by atoms with Gasteiger partial charge < -0.3 is 15.2 Å². The molecule has 138 valence electrons. The van der Waals surface area contributed by atoms with Crippen LogP contribution in [0.15, 0.2) is 28.6 Å². The number of ether oxygens (including phenoxy) is 1. The van der Waals surface area contributed by atoms with Crippen molar-refractivity contribution in [2.75, 3.05) is 13.7 Å². The van der Waals surface area contributed by atoms with Crippen molar-refractivity contribution in [2.24, 2.45) is 10.9 Å². The van der Waals surface area contributed by atoms with Crippen molar-refractivity contribution < 1.29 is 33.1 Å². The van der Waals surface area contributed by atoms with Gasteiger partial charge in [-0.2, -0.15) is 0 Å². The van der Waals surface area contributed by atoms with E-state index in [1.165, 1.54) is 0 Å². The van der Waals surface area contributed by atoms with E-state index in [2.05, 4.69) is 15.0 Å². The van der Waals surface area contributed by atoms with Crippen molar-refractivity contribution >= 4 is 17.7 Å². The molecule has 0 radical (unpaired) electrons. The van der Waals surface area contributed by atoms with Gasteiger partial charge in [-0.25, -0.2) is 23.5 Å². The number of amidine groups is 1. The molecule has 1 amide bonds. The molecule has 0 bridgehead atoms. The summed E-state index contributed by atoms with van der Waals surface area (Å²) in [6.07, 6.45) is 2.17. The molecular weight excluding hydrogens is 340 g/mol. The summed E-state index contributed by atoms with van der Waals surface area (Å²) in [6.45, 7) is 2.73. The number of hydrogen-bond donors (Lipinski definition) is 2. The molecule has 0 aliphatic carbocycles. The quantitative estimate of drug-likeness (QED) is 0.710. The number of carboxylic acid groups (broad SMARTS) is 1. The summed E-state index contributed by atoms with van der Waals surface area (Å²) in [7, 11) is 0. The maximum Gasteiger partial charge on any atom is 0.334 e. The summed E-state index contributed by atoms with van der Waals surface area (Å²) in [5.41, 5.74) is -1.41. The molecule has 0 aromatic heterocycles. The Hall–Kier alpha value is -2.49. The highest BCUT2D eigenvalue weighted by Gasteiger charge is 2.46. The third kappa shape index (κ3) is 3.48. The van der Waals surface area contributed by atoms with Gasteiger partial charge in [-0.1, -0.05) is 13.8 Å². The van der Waals surface area contributed by atoms with Gasteiger partial charge in [0.25, 0.3) is 5.91 Å². The maximum absolute atomic E-state index is 12.7. The molecular formula is C15H19F2N3O5. The number of carbonyl (C=O) groups excluding carboxylic acids is 1. The fourth-order valence-corrected chi connectivity index (χ4v) is 2.46. The Balaban J connectivity index is 2.48. The summed E-state index contributed by atoms with van der Waals surface area (Å²) in [5, 5.41) is 12.8. The first kappa shape index (κ1) is 18.8. The average molecular weight is 359 g/mol. The monoisotopic (exact) mass is 359 g/mol. The van der Waals surface area contributed by atoms with Gasteiger partial charge in [-0.15, -0.1) is 0 Å². The third-order valence-electron chi connectivity index (χ3n) is 4.20. The minimum absolute atomic E-state index is 0.00107. The number of allylic oxidation sites excluding steroid dienone is 1. The van der Waals surface area contributed by atoms with E-state index >= 15 is 0 Å². The van der Waals surface area contributed by atoms with E-state index in [1.807, 2.05) is 0 Å².